The Hall–Kier alpha value is -3.40. The highest BCUT2D eigenvalue weighted by Gasteiger charge is 2.08. The zero-order valence-electron chi connectivity index (χ0n) is 14.4. The molecule has 0 N–H and O–H groups in total. The number of nitrogens with zero attached hydrogens (tertiary/aromatic N) is 2. The van der Waals surface area contributed by atoms with Crippen LogP contribution < -0.4 is 9.47 Å². The zero-order chi connectivity index (χ0) is 17.8. The van der Waals surface area contributed by atoms with Crippen LogP contribution in [0.25, 0.3) is 22.2 Å². The fourth-order valence-electron chi connectivity index (χ4n) is 2.87. The summed E-state index contributed by atoms with van der Waals surface area (Å²) in [6.07, 6.45) is 1.58. The van der Waals surface area contributed by atoms with Crippen LogP contribution in [0, 0.1) is 0 Å². The van der Waals surface area contributed by atoms with Crippen LogP contribution in [0.2, 0.25) is 0 Å². The molecule has 1 aromatic heterocycles. The molecule has 0 fully saturated rings. The van der Waals surface area contributed by atoms with Gasteiger partial charge in [0.05, 0.1) is 18.3 Å². The van der Waals surface area contributed by atoms with Crippen LogP contribution in [0.4, 0.5) is 0 Å². The average Bonchev–Trinajstić information content (AvgIpc) is 2.72. The molecule has 0 amide bonds. The number of benzene rings is 3. The van der Waals surface area contributed by atoms with E-state index in [9.17, 15) is 0 Å². The third kappa shape index (κ3) is 3.35. The van der Waals surface area contributed by atoms with Crippen LogP contribution in [0.3, 0.4) is 0 Å². The first-order chi connectivity index (χ1) is 12.8. The highest BCUT2D eigenvalue weighted by atomic mass is 16.5. The Kier molecular flexibility index (Phi) is 4.48. The molecule has 0 saturated carbocycles. The number of methoxy groups -OCH3 is 1. The van der Waals surface area contributed by atoms with Crippen molar-refractivity contribution in [1.82, 2.24) is 9.97 Å². The van der Waals surface area contributed by atoms with E-state index in [1.54, 1.807) is 13.4 Å². The first kappa shape index (κ1) is 16.1. The van der Waals surface area contributed by atoms with E-state index in [0.717, 1.165) is 39.2 Å². The number of aromatic nitrogens is 2. The van der Waals surface area contributed by atoms with Crippen LogP contribution in [0.5, 0.6) is 11.5 Å². The van der Waals surface area contributed by atoms with Crippen molar-refractivity contribution >= 4 is 10.9 Å². The van der Waals surface area contributed by atoms with Gasteiger partial charge in [-0.1, -0.05) is 42.5 Å². The maximum atomic E-state index is 5.90. The van der Waals surface area contributed by atoms with E-state index < -0.39 is 0 Å². The molecule has 0 spiro atoms. The Morgan fingerprint density at radius 2 is 1.69 bits per heavy atom. The number of ether oxygens (including phenoxy) is 2. The second-order valence-corrected chi connectivity index (χ2v) is 5.91. The number of hydrogen-bond acceptors (Lipinski definition) is 4. The highest BCUT2D eigenvalue weighted by molar-refractivity contribution is 5.92. The lowest BCUT2D eigenvalue weighted by atomic mass is 10.1. The average molecular weight is 342 g/mol. The van der Waals surface area contributed by atoms with Crippen LogP contribution in [-0.4, -0.2) is 17.1 Å². The van der Waals surface area contributed by atoms with Crippen molar-refractivity contribution < 1.29 is 9.47 Å². The molecule has 4 aromatic rings. The Morgan fingerprint density at radius 3 is 2.54 bits per heavy atom. The minimum absolute atomic E-state index is 0.528. The molecular weight excluding hydrogens is 324 g/mol. The third-order valence-corrected chi connectivity index (χ3v) is 4.20. The molecule has 0 unspecified atom stereocenters. The van der Waals surface area contributed by atoms with Crippen molar-refractivity contribution in [3.8, 4) is 22.8 Å². The minimum Gasteiger partial charge on any atom is -0.497 e. The van der Waals surface area contributed by atoms with Gasteiger partial charge in [-0.3, -0.25) is 0 Å². The van der Waals surface area contributed by atoms with E-state index in [-0.39, 0.29) is 0 Å². The van der Waals surface area contributed by atoms with Crippen molar-refractivity contribution in [1.29, 1.82) is 0 Å². The van der Waals surface area contributed by atoms with E-state index in [0.29, 0.717) is 6.61 Å². The van der Waals surface area contributed by atoms with Gasteiger partial charge in [0.2, 0.25) is 0 Å². The van der Waals surface area contributed by atoms with Gasteiger partial charge < -0.3 is 9.47 Å². The summed E-state index contributed by atoms with van der Waals surface area (Å²) in [5.41, 5.74) is 3.86. The molecule has 0 atom stereocenters. The first-order valence-electron chi connectivity index (χ1n) is 8.39. The lowest BCUT2D eigenvalue weighted by molar-refractivity contribution is 0.306. The smallest absolute Gasteiger partial charge is 0.122 e. The second-order valence-electron chi connectivity index (χ2n) is 5.91. The second kappa shape index (κ2) is 7.23. The van der Waals surface area contributed by atoms with Gasteiger partial charge in [0.15, 0.2) is 0 Å². The van der Waals surface area contributed by atoms with Gasteiger partial charge in [0, 0.05) is 17.0 Å². The molecule has 4 heteroatoms. The summed E-state index contributed by atoms with van der Waals surface area (Å²) in [5, 5.41) is 0.979. The van der Waals surface area contributed by atoms with Crippen molar-refractivity contribution in [2.24, 2.45) is 0 Å². The summed E-state index contributed by atoms with van der Waals surface area (Å²) in [5.74, 6) is 1.59. The molecule has 0 aliphatic heterocycles. The minimum atomic E-state index is 0.528. The van der Waals surface area contributed by atoms with Crippen molar-refractivity contribution in [2.75, 3.05) is 7.11 Å². The van der Waals surface area contributed by atoms with Crippen molar-refractivity contribution in [3.63, 3.8) is 0 Å². The van der Waals surface area contributed by atoms with Crippen LogP contribution >= 0.6 is 0 Å². The summed E-state index contributed by atoms with van der Waals surface area (Å²) in [6.45, 7) is 0.528. The fraction of sp³-hybridized carbons (Fsp3) is 0.0909. The van der Waals surface area contributed by atoms with E-state index in [2.05, 4.69) is 9.97 Å². The predicted molar refractivity (Wildman–Crippen MR) is 102 cm³/mol. The lowest BCUT2D eigenvalue weighted by Gasteiger charge is -2.10. The third-order valence-electron chi connectivity index (χ3n) is 4.20. The molecule has 0 aliphatic carbocycles. The summed E-state index contributed by atoms with van der Waals surface area (Å²) < 4.78 is 11.2. The number of hydrogen-bond donors (Lipinski definition) is 0. The highest BCUT2D eigenvalue weighted by Crippen LogP contribution is 2.29. The molecule has 0 aliphatic rings. The molecule has 4 rings (SSSR count). The molecule has 3 aromatic carbocycles. The quantitative estimate of drug-likeness (QED) is 0.518. The summed E-state index contributed by atoms with van der Waals surface area (Å²) >= 11 is 0. The van der Waals surface area contributed by atoms with E-state index in [4.69, 9.17) is 9.47 Å². The van der Waals surface area contributed by atoms with Gasteiger partial charge >= 0.3 is 0 Å². The Balaban J connectivity index is 1.65. The number of rotatable bonds is 5. The van der Waals surface area contributed by atoms with Gasteiger partial charge in [-0.25, -0.2) is 9.97 Å². The SMILES string of the molecule is COc1cccc(-c2ncnc3cc(OCc4ccccc4)ccc23)c1. The molecule has 4 nitrogen and oxygen atoms in total. The van der Waals surface area contributed by atoms with Gasteiger partial charge in [-0.05, 0) is 29.8 Å². The summed E-state index contributed by atoms with van der Waals surface area (Å²) in [6, 6.07) is 23.9. The van der Waals surface area contributed by atoms with E-state index in [1.807, 2.05) is 72.8 Å². The fourth-order valence-corrected chi connectivity index (χ4v) is 2.87. The maximum absolute atomic E-state index is 5.90. The molecule has 0 radical (unpaired) electrons. The first-order valence-corrected chi connectivity index (χ1v) is 8.39. The van der Waals surface area contributed by atoms with Crippen LogP contribution in [0.15, 0.2) is 79.1 Å². The van der Waals surface area contributed by atoms with Gasteiger partial charge in [0.25, 0.3) is 0 Å². The standard InChI is InChI=1S/C22H18N2O2/c1-25-18-9-5-8-17(12-18)22-20-11-10-19(13-21(20)23-15-24-22)26-14-16-6-3-2-4-7-16/h2-13,15H,14H2,1H3. The lowest BCUT2D eigenvalue weighted by Crippen LogP contribution is -1.96. The molecule has 128 valence electrons. The van der Waals surface area contributed by atoms with Gasteiger partial charge in [-0.2, -0.15) is 0 Å². The van der Waals surface area contributed by atoms with Gasteiger partial charge in [0.1, 0.15) is 24.4 Å². The number of fused-ring (bicyclic) bond motifs is 1. The largest absolute Gasteiger partial charge is 0.497 e. The Morgan fingerprint density at radius 1 is 0.808 bits per heavy atom. The predicted octanol–water partition coefficient (Wildman–Crippen LogP) is 4.88. The topological polar surface area (TPSA) is 44.2 Å². The van der Waals surface area contributed by atoms with Crippen LogP contribution in [0.1, 0.15) is 5.56 Å². The molecule has 0 saturated heterocycles. The van der Waals surface area contributed by atoms with Crippen molar-refractivity contribution in [2.45, 2.75) is 6.61 Å². The van der Waals surface area contributed by atoms with Crippen LogP contribution in [-0.2, 0) is 6.61 Å². The molecule has 26 heavy (non-hydrogen) atoms. The van der Waals surface area contributed by atoms with Gasteiger partial charge in [-0.15, -0.1) is 0 Å². The summed E-state index contributed by atoms with van der Waals surface area (Å²) in [4.78, 5) is 8.87. The molecule has 0 bridgehead atoms. The molecule has 1 heterocycles. The normalized spacial score (nSPS) is 10.7. The zero-order valence-corrected chi connectivity index (χ0v) is 14.4. The van der Waals surface area contributed by atoms with E-state index >= 15 is 0 Å². The maximum Gasteiger partial charge on any atom is 0.122 e. The van der Waals surface area contributed by atoms with Crippen molar-refractivity contribution in [3.05, 3.63) is 84.7 Å². The van der Waals surface area contributed by atoms with E-state index in [1.165, 1.54) is 0 Å². The Bertz CT molecular complexity index is 1030. The monoisotopic (exact) mass is 342 g/mol. The summed E-state index contributed by atoms with van der Waals surface area (Å²) in [7, 11) is 1.66. The Labute approximate surface area is 152 Å². The molecular formula is C22H18N2O2.